The summed E-state index contributed by atoms with van der Waals surface area (Å²) in [4.78, 5) is 0. The molecule has 0 spiro atoms. The summed E-state index contributed by atoms with van der Waals surface area (Å²) < 4.78 is 10.7. The highest BCUT2D eigenvalue weighted by Gasteiger charge is 2.34. The molecule has 1 fully saturated rings. The molecule has 2 rings (SSSR count). The molecule has 1 atom stereocenters. The van der Waals surface area contributed by atoms with Crippen LogP contribution in [-0.4, -0.2) is 40.0 Å². The smallest absolute Gasteiger partial charge is 0.0587 e. The van der Waals surface area contributed by atoms with E-state index in [2.05, 4.69) is 17.4 Å². The van der Waals surface area contributed by atoms with E-state index < -0.39 is 0 Å². The van der Waals surface area contributed by atoms with Gasteiger partial charge in [-0.15, -0.1) is 0 Å². The van der Waals surface area contributed by atoms with Gasteiger partial charge in [-0.2, -0.15) is 0 Å². The fourth-order valence-electron chi connectivity index (χ4n) is 2.60. The first kappa shape index (κ1) is 14.8. The molecule has 0 radical (unpaired) electrons. The average molecular weight is 284 g/mol. The molecule has 1 aliphatic rings. The molecule has 3 nitrogen and oxygen atoms in total. The maximum Gasteiger partial charge on any atom is 0.0587 e. The van der Waals surface area contributed by atoms with E-state index in [1.165, 1.54) is 5.56 Å². The highest BCUT2D eigenvalue weighted by atomic mass is 35.5. The number of benzene rings is 1. The van der Waals surface area contributed by atoms with Gasteiger partial charge in [-0.3, -0.25) is 0 Å². The van der Waals surface area contributed by atoms with Crippen LogP contribution in [0.15, 0.2) is 24.3 Å². The molecule has 106 valence electrons. The van der Waals surface area contributed by atoms with Crippen molar-refractivity contribution >= 4 is 11.6 Å². The van der Waals surface area contributed by atoms with Crippen LogP contribution in [0, 0.1) is 5.41 Å². The first-order valence-corrected chi connectivity index (χ1v) is 7.14. The lowest BCUT2D eigenvalue weighted by Crippen LogP contribution is -2.38. The van der Waals surface area contributed by atoms with E-state index in [-0.39, 0.29) is 5.41 Å². The van der Waals surface area contributed by atoms with Gasteiger partial charge < -0.3 is 14.8 Å². The second-order valence-electron chi connectivity index (χ2n) is 5.28. The van der Waals surface area contributed by atoms with Gasteiger partial charge in [0, 0.05) is 37.2 Å². The summed E-state index contributed by atoms with van der Waals surface area (Å²) in [5, 5.41) is 4.27. The lowest BCUT2D eigenvalue weighted by molar-refractivity contribution is 0.145. The third-order valence-electron chi connectivity index (χ3n) is 3.64. The van der Waals surface area contributed by atoms with E-state index >= 15 is 0 Å². The van der Waals surface area contributed by atoms with Gasteiger partial charge in [0.1, 0.15) is 0 Å². The predicted octanol–water partition coefficient (Wildman–Crippen LogP) is 2.53. The van der Waals surface area contributed by atoms with E-state index in [1.54, 1.807) is 7.11 Å². The zero-order valence-corrected chi connectivity index (χ0v) is 12.2. The summed E-state index contributed by atoms with van der Waals surface area (Å²) in [7, 11) is 1.72. The molecule has 4 heteroatoms. The zero-order chi connectivity index (χ0) is 13.6. The van der Waals surface area contributed by atoms with Crippen molar-refractivity contribution in [2.75, 3.05) is 40.0 Å². The summed E-state index contributed by atoms with van der Waals surface area (Å²) in [6, 6.07) is 8.12. The van der Waals surface area contributed by atoms with Crippen LogP contribution >= 0.6 is 11.6 Å². The Bertz CT molecular complexity index is 391. The average Bonchev–Trinajstić information content (AvgIpc) is 2.84. The van der Waals surface area contributed by atoms with Crippen LogP contribution in [0.1, 0.15) is 12.0 Å². The van der Waals surface area contributed by atoms with Gasteiger partial charge in [0.05, 0.1) is 13.2 Å². The normalized spacial score (nSPS) is 22.8. The molecule has 0 bridgehead atoms. The van der Waals surface area contributed by atoms with Gasteiger partial charge >= 0.3 is 0 Å². The van der Waals surface area contributed by atoms with Gasteiger partial charge in [0.15, 0.2) is 0 Å². The standard InChI is InChI=1S/C15H22ClNO2/c1-18-8-6-17-11-15(5-7-19-12-15)10-13-3-2-4-14(16)9-13/h2-4,9,17H,5-8,10-12H2,1H3. The lowest BCUT2D eigenvalue weighted by Gasteiger charge is -2.28. The van der Waals surface area contributed by atoms with Crippen molar-refractivity contribution in [1.82, 2.24) is 5.32 Å². The number of halogens is 1. The van der Waals surface area contributed by atoms with Gasteiger partial charge in [0.25, 0.3) is 0 Å². The molecule has 19 heavy (non-hydrogen) atoms. The van der Waals surface area contributed by atoms with Crippen LogP contribution in [0.25, 0.3) is 0 Å². The van der Waals surface area contributed by atoms with Gasteiger partial charge in [0.2, 0.25) is 0 Å². The summed E-state index contributed by atoms with van der Waals surface area (Å²) >= 11 is 6.06. The molecule has 0 amide bonds. The minimum Gasteiger partial charge on any atom is -0.383 e. The minimum atomic E-state index is 0.193. The molecule has 1 aromatic carbocycles. The Morgan fingerprint density at radius 2 is 2.37 bits per heavy atom. The highest BCUT2D eigenvalue weighted by molar-refractivity contribution is 6.30. The Hall–Kier alpha value is -0.610. The maximum atomic E-state index is 6.06. The summed E-state index contributed by atoms with van der Waals surface area (Å²) in [5.74, 6) is 0. The number of hydrogen-bond acceptors (Lipinski definition) is 3. The van der Waals surface area contributed by atoms with Crippen LogP contribution in [0.3, 0.4) is 0 Å². The van der Waals surface area contributed by atoms with Crippen LogP contribution in [-0.2, 0) is 15.9 Å². The van der Waals surface area contributed by atoms with Gasteiger partial charge in [-0.05, 0) is 30.5 Å². The minimum absolute atomic E-state index is 0.193. The van der Waals surface area contributed by atoms with E-state index in [1.807, 2.05) is 12.1 Å². The van der Waals surface area contributed by atoms with Crippen molar-refractivity contribution < 1.29 is 9.47 Å². The maximum absolute atomic E-state index is 6.06. The Morgan fingerprint density at radius 3 is 3.05 bits per heavy atom. The Balaban J connectivity index is 1.95. The Morgan fingerprint density at radius 1 is 1.47 bits per heavy atom. The highest BCUT2D eigenvalue weighted by Crippen LogP contribution is 2.32. The number of methoxy groups -OCH3 is 1. The second-order valence-corrected chi connectivity index (χ2v) is 5.72. The van der Waals surface area contributed by atoms with Crippen molar-refractivity contribution in [3.63, 3.8) is 0 Å². The molecule has 1 N–H and O–H groups in total. The summed E-state index contributed by atoms with van der Waals surface area (Å²) in [6.07, 6.45) is 2.10. The van der Waals surface area contributed by atoms with Crippen LogP contribution in [0.2, 0.25) is 5.02 Å². The van der Waals surface area contributed by atoms with Crippen molar-refractivity contribution in [2.45, 2.75) is 12.8 Å². The van der Waals surface area contributed by atoms with E-state index in [4.69, 9.17) is 21.1 Å². The molecule has 0 aromatic heterocycles. The molecule has 1 saturated heterocycles. The number of ether oxygens (including phenoxy) is 2. The summed E-state index contributed by atoms with van der Waals surface area (Å²) in [6.45, 7) is 4.26. The Kier molecular flexibility index (Phi) is 5.64. The number of hydrogen-bond donors (Lipinski definition) is 1. The number of nitrogens with one attached hydrogen (secondary N) is 1. The van der Waals surface area contributed by atoms with Crippen molar-refractivity contribution in [3.8, 4) is 0 Å². The van der Waals surface area contributed by atoms with E-state index in [0.29, 0.717) is 0 Å². The SMILES string of the molecule is COCCNCC1(Cc2cccc(Cl)c2)CCOC1. The van der Waals surface area contributed by atoms with Gasteiger partial charge in [-0.25, -0.2) is 0 Å². The zero-order valence-electron chi connectivity index (χ0n) is 11.5. The molecule has 1 aliphatic heterocycles. The first-order valence-electron chi connectivity index (χ1n) is 6.76. The first-order chi connectivity index (χ1) is 9.24. The van der Waals surface area contributed by atoms with Crippen LogP contribution in [0.5, 0.6) is 0 Å². The third-order valence-corrected chi connectivity index (χ3v) is 3.87. The van der Waals surface area contributed by atoms with E-state index in [0.717, 1.165) is 50.8 Å². The topological polar surface area (TPSA) is 30.5 Å². The quantitative estimate of drug-likeness (QED) is 0.780. The molecule has 1 aromatic rings. The molecular weight excluding hydrogens is 262 g/mol. The summed E-state index contributed by atoms with van der Waals surface area (Å²) in [5.41, 5.74) is 1.48. The van der Waals surface area contributed by atoms with Gasteiger partial charge in [-0.1, -0.05) is 23.7 Å². The lowest BCUT2D eigenvalue weighted by atomic mass is 9.81. The largest absolute Gasteiger partial charge is 0.383 e. The third kappa shape index (κ3) is 4.46. The fraction of sp³-hybridized carbons (Fsp3) is 0.600. The second kappa shape index (κ2) is 7.25. The van der Waals surface area contributed by atoms with Crippen molar-refractivity contribution in [2.24, 2.45) is 5.41 Å². The molecule has 0 aliphatic carbocycles. The fourth-order valence-corrected chi connectivity index (χ4v) is 2.81. The predicted molar refractivity (Wildman–Crippen MR) is 77.8 cm³/mol. The number of rotatable bonds is 7. The van der Waals surface area contributed by atoms with Crippen molar-refractivity contribution in [3.05, 3.63) is 34.9 Å². The molecular formula is C15H22ClNO2. The molecule has 1 heterocycles. The molecule has 1 unspecified atom stereocenters. The van der Waals surface area contributed by atoms with Crippen LogP contribution < -0.4 is 5.32 Å². The van der Waals surface area contributed by atoms with E-state index in [9.17, 15) is 0 Å². The molecule has 0 saturated carbocycles. The Labute approximate surface area is 120 Å². The monoisotopic (exact) mass is 283 g/mol. The van der Waals surface area contributed by atoms with Crippen molar-refractivity contribution in [1.29, 1.82) is 0 Å². The van der Waals surface area contributed by atoms with Crippen LogP contribution in [0.4, 0.5) is 0 Å².